The topological polar surface area (TPSA) is 500 Å². The van der Waals surface area contributed by atoms with E-state index in [0.717, 1.165) is 43.9 Å². The van der Waals surface area contributed by atoms with Crippen LogP contribution in [0, 0.1) is 23.7 Å². The molecular weight excluding hydrogens is 1280 g/mol. The maximum absolute atomic E-state index is 15.3. The molecule has 5 unspecified atom stereocenters. The fourth-order valence-electron chi connectivity index (χ4n) is 10.4. The summed E-state index contributed by atoms with van der Waals surface area (Å²) in [5, 5.41) is 76.9. The highest BCUT2D eigenvalue weighted by molar-refractivity contribution is 6.03. The highest BCUT2D eigenvalue weighted by Gasteiger charge is 2.47. The van der Waals surface area contributed by atoms with Gasteiger partial charge in [0.1, 0.15) is 78.1 Å². The summed E-state index contributed by atoms with van der Waals surface area (Å²) >= 11 is 0. The lowest BCUT2D eigenvalue weighted by Gasteiger charge is -2.40. The fourth-order valence-corrected chi connectivity index (χ4v) is 10.4. The van der Waals surface area contributed by atoms with Crippen LogP contribution in [0.25, 0.3) is 0 Å². The lowest BCUT2D eigenvalue weighted by Crippen LogP contribution is -2.64. The third kappa shape index (κ3) is 24.0. The van der Waals surface area contributed by atoms with Gasteiger partial charge in [-0.05, 0) is 96.3 Å². The van der Waals surface area contributed by atoms with Crippen molar-refractivity contribution < 1.29 is 102 Å². The number of cyclic esters (lactones) is 1. The number of amides is 12. The van der Waals surface area contributed by atoms with Crippen LogP contribution in [0.5, 0.6) is 5.75 Å². The maximum Gasteiger partial charge on any atom is 0.329 e. The van der Waals surface area contributed by atoms with Gasteiger partial charge in [-0.1, -0.05) is 90.0 Å². The molecule has 0 radical (unpaired) electrons. The average molecular weight is 1390 g/mol. The molecule has 1 aromatic carbocycles. The Labute approximate surface area is 569 Å². The predicted octanol–water partition coefficient (Wildman–Crippen LogP) is -3.47. The molecule has 0 saturated carbocycles. The summed E-state index contributed by atoms with van der Waals surface area (Å²) in [6.07, 6.45) is -1.20. The Morgan fingerprint density at radius 1 is 0.837 bits per heavy atom. The minimum Gasteiger partial charge on any atom is -0.508 e. The first-order valence-corrected chi connectivity index (χ1v) is 32.3. The molecule has 0 spiro atoms. The number of piperidine rings is 1. The number of nitrogens with zero attached hydrogens (tertiary/aromatic N) is 1. The lowest BCUT2D eigenvalue weighted by molar-refractivity contribution is -0.168. The maximum atomic E-state index is 15.3. The lowest BCUT2D eigenvalue weighted by atomic mass is 9.87. The Bertz CT molecular complexity index is 3100. The van der Waals surface area contributed by atoms with Gasteiger partial charge in [-0.15, -0.1) is 0 Å². The smallest absolute Gasteiger partial charge is 0.329 e. The van der Waals surface area contributed by atoms with Gasteiger partial charge >= 0.3 is 5.97 Å². The number of ether oxygens (including phenoxy) is 3. The number of nitrogens with two attached hydrogens (primary N) is 1. The second-order valence-corrected chi connectivity index (χ2v) is 25.1. The van der Waals surface area contributed by atoms with E-state index in [9.17, 15) is 68.7 Å². The molecule has 33 nitrogen and oxygen atoms in total. The van der Waals surface area contributed by atoms with Gasteiger partial charge in [-0.3, -0.25) is 57.5 Å². The van der Waals surface area contributed by atoms with Gasteiger partial charge in [0, 0.05) is 26.7 Å². The summed E-state index contributed by atoms with van der Waals surface area (Å²) in [6.45, 7) is 14.6. The molecule has 1 aromatic rings. The number of aromatic hydroxyl groups is 1. The van der Waals surface area contributed by atoms with E-state index in [1.54, 1.807) is 6.92 Å². The van der Waals surface area contributed by atoms with E-state index < -0.39 is 204 Å². The summed E-state index contributed by atoms with van der Waals surface area (Å²) in [4.78, 5) is 184. The van der Waals surface area contributed by atoms with Crippen LogP contribution in [0.2, 0.25) is 0 Å². The van der Waals surface area contributed by atoms with Crippen LogP contribution in [-0.2, 0) is 76.5 Å². The normalized spacial score (nSPS) is 24.1. The second-order valence-electron chi connectivity index (χ2n) is 25.1. The van der Waals surface area contributed by atoms with E-state index in [1.807, 2.05) is 19.9 Å². The molecule has 17 N–H and O–H groups in total. The minimum absolute atomic E-state index is 0.0868. The number of phenols is 1. The zero-order chi connectivity index (χ0) is 74.2. The van der Waals surface area contributed by atoms with Crippen LogP contribution < -0.4 is 58.9 Å². The van der Waals surface area contributed by atoms with E-state index in [2.05, 4.69) is 53.2 Å². The summed E-state index contributed by atoms with van der Waals surface area (Å²) in [5.74, 6) is -18.1. The number of nitrogens with one attached hydrogen (secondary N) is 10. The highest BCUT2D eigenvalue weighted by atomic mass is 16.5. The SMILES string of the molecule is CC=C(NC(=O)[C@H](NC(=O)CNC(=O)C(C)(O)C(O)/C=C\C(C)=C\C(C)CC)[C@@H](C)O)C(=O)N[C@H](C(=O)N[C@H]1C(=O)N[C@H](COC)C(=O)NCC(=O)N[C@@H](C)C(=O)N[C@H]([C@@H](C)O)C(=O)NC(C(OC)c2ccc(O)cc2)C(=O)N2CCCC[C@H]2C(=O)O[C@@H]1C(C)C)[C@@H](C)[C@@H](C)C(N)=O. The van der Waals surface area contributed by atoms with E-state index in [4.69, 9.17) is 19.9 Å². The van der Waals surface area contributed by atoms with Crippen molar-refractivity contribution in [3.63, 3.8) is 0 Å². The number of carbonyl (C=O) groups excluding carboxylic acids is 13. The minimum atomic E-state index is -2.45. The van der Waals surface area contributed by atoms with Crippen molar-refractivity contribution in [3.8, 4) is 5.75 Å². The van der Waals surface area contributed by atoms with Gasteiger partial charge < -0.3 is 104 Å². The van der Waals surface area contributed by atoms with Gasteiger partial charge in [-0.25, -0.2) is 4.79 Å². The Hall–Kier alpha value is -8.89. The molecule has 2 aliphatic rings. The zero-order valence-electron chi connectivity index (χ0n) is 57.9. The number of aliphatic hydroxyl groups excluding tert-OH is 3. The van der Waals surface area contributed by atoms with Crippen LogP contribution in [0.15, 0.2) is 59.8 Å². The first kappa shape index (κ1) is 83.3. The number of phenolic OH excluding ortho intramolecular Hbond substituents is 1. The number of hydrogen-bond donors (Lipinski definition) is 16. The number of rotatable bonds is 26. The number of benzene rings is 1. The third-order valence-electron chi connectivity index (χ3n) is 16.8. The largest absolute Gasteiger partial charge is 0.508 e. The fraction of sp³-hybridized carbons (Fsp3) is 0.615. The number of allylic oxidation sites excluding steroid dienone is 4. The van der Waals surface area contributed by atoms with E-state index in [1.165, 1.54) is 92.0 Å². The molecule has 0 aliphatic carbocycles. The number of fused-ring (bicyclic) bond motifs is 1. The van der Waals surface area contributed by atoms with Crippen molar-refractivity contribution in [2.75, 3.05) is 40.5 Å². The van der Waals surface area contributed by atoms with Gasteiger partial charge in [0.2, 0.25) is 59.1 Å². The predicted molar refractivity (Wildman–Crippen MR) is 351 cm³/mol. The van der Waals surface area contributed by atoms with Crippen LogP contribution in [0.3, 0.4) is 0 Å². The first-order chi connectivity index (χ1) is 45.9. The van der Waals surface area contributed by atoms with Crippen molar-refractivity contribution in [3.05, 3.63) is 65.4 Å². The van der Waals surface area contributed by atoms with E-state index >= 15 is 19.2 Å². The Morgan fingerprint density at radius 2 is 1.47 bits per heavy atom. The standard InChI is InChI=1S/C65H100N12O21/c1-15-32(5)27-33(6)20-25-44(81)65(12,95)64(94)68-29-46(83)72-48(37(10)78)59(89)70-41(16-2)57(87)73-47(34(7)35(8)54(66)84)58(88)75-50-52(31(3)4)98-63(93)43-19-17-18-26-77(43)62(92)51(53(97-14)39-21-23-40(80)24-22-39)76-60(90)49(38(11)79)74-55(85)36(9)69-45(82)28-67-56(86)42(30-96-13)71-61(50)91/h16,20-25,27,31-32,34-38,42-44,47-53,78-81,95H,15,17-19,26,28-30H2,1-14H3,(H2,66,84)(H,67,86)(H,68,94)(H,69,82)(H,70,89)(H,71,91)(H,72,83)(H,73,87)(H,74,85)(H,75,88)(H,76,90)/b25-20-,33-27+,41-16?/t32?,34-,35+,36-,37+,38+,42+,43-,44?,47-,48+,49+,50+,51?,52+,53?,65?/m0/s1. The first-order valence-electron chi connectivity index (χ1n) is 32.3. The summed E-state index contributed by atoms with van der Waals surface area (Å²) in [7, 11) is 2.36. The molecule has 0 aromatic heterocycles. The summed E-state index contributed by atoms with van der Waals surface area (Å²) in [6, 6.07) is -8.79. The summed E-state index contributed by atoms with van der Waals surface area (Å²) < 4.78 is 17.3. The van der Waals surface area contributed by atoms with Gasteiger partial charge in [0.25, 0.3) is 11.8 Å². The molecule has 17 atom stereocenters. The quantitative estimate of drug-likeness (QED) is 0.0243. The Balaban J connectivity index is 2.15. The van der Waals surface area contributed by atoms with Gasteiger partial charge in [0.05, 0.1) is 31.9 Å². The zero-order valence-corrected chi connectivity index (χ0v) is 57.9. The van der Waals surface area contributed by atoms with Crippen molar-refractivity contribution in [1.82, 2.24) is 58.1 Å². The summed E-state index contributed by atoms with van der Waals surface area (Å²) in [5.41, 5.74) is 3.63. The van der Waals surface area contributed by atoms with Crippen LogP contribution in [0.1, 0.15) is 120 Å². The van der Waals surface area contributed by atoms with Gasteiger partial charge in [-0.2, -0.15) is 0 Å². The molecule has 98 heavy (non-hydrogen) atoms. The monoisotopic (exact) mass is 1380 g/mol. The van der Waals surface area contributed by atoms with Crippen molar-refractivity contribution in [2.45, 2.75) is 193 Å². The number of primary amides is 1. The Morgan fingerprint density at radius 3 is 2.03 bits per heavy atom. The molecule has 33 heteroatoms. The van der Waals surface area contributed by atoms with Crippen molar-refractivity contribution in [2.24, 2.45) is 29.4 Å². The Kier molecular flexibility index (Phi) is 33.1. The average Bonchev–Trinajstić information content (AvgIpc) is 0.801. The number of esters is 1. The molecule has 2 fully saturated rings. The molecule has 12 amide bonds. The second kappa shape index (κ2) is 38.9. The van der Waals surface area contributed by atoms with E-state index in [-0.39, 0.29) is 30.2 Å². The molecule has 2 aliphatic heterocycles. The van der Waals surface area contributed by atoms with Crippen LogP contribution in [0.4, 0.5) is 0 Å². The van der Waals surface area contributed by atoms with Gasteiger partial charge in [0.15, 0.2) is 5.60 Å². The van der Waals surface area contributed by atoms with Crippen LogP contribution >= 0.6 is 0 Å². The third-order valence-corrected chi connectivity index (χ3v) is 16.8. The molecule has 2 saturated heterocycles. The number of hydrogen-bond acceptors (Lipinski definition) is 21. The molecule has 2 heterocycles. The number of carbonyl (C=O) groups is 13. The molecule has 0 bridgehead atoms. The number of methoxy groups -OCH3 is 2. The van der Waals surface area contributed by atoms with Crippen molar-refractivity contribution in [1.29, 1.82) is 0 Å². The number of aliphatic hydroxyl groups is 4. The van der Waals surface area contributed by atoms with Crippen molar-refractivity contribution >= 4 is 76.9 Å². The molecular formula is C65H100N12O21. The van der Waals surface area contributed by atoms with Crippen LogP contribution in [-0.4, -0.2) is 226 Å². The molecule has 546 valence electrons. The molecule has 3 rings (SSSR count). The van der Waals surface area contributed by atoms with E-state index in [0.29, 0.717) is 12.8 Å². The highest BCUT2D eigenvalue weighted by Crippen LogP contribution is 2.29.